The first kappa shape index (κ1) is 18.0. The van der Waals surface area contributed by atoms with Gasteiger partial charge in [0.05, 0.1) is 0 Å². The molecule has 4 rings (SSSR count). The molecule has 1 aliphatic rings. The van der Waals surface area contributed by atoms with E-state index in [9.17, 15) is 10.0 Å². The molecule has 1 atom stereocenters. The van der Waals surface area contributed by atoms with Gasteiger partial charge in [-0.15, -0.1) is 5.10 Å². The molecule has 1 amide bonds. The zero-order valence-electron chi connectivity index (χ0n) is 15.2. The number of carbonyl (C=O) groups is 1. The molecule has 0 radical (unpaired) electrons. The summed E-state index contributed by atoms with van der Waals surface area (Å²) >= 11 is 0. The second-order valence-electron chi connectivity index (χ2n) is 6.82. The zero-order chi connectivity index (χ0) is 19.3. The number of hydrogen-bond donors (Lipinski definition) is 2. The Morgan fingerprint density at radius 2 is 1.82 bits per heavy atom. The largest absolute Gasteiger partial charge is 0.289 e. The van der Waals surface area contributed by atoms with E-state index in [0.717, 1.165) is 24.0 Å². The first-order valence-corrected chi connectivity index (χ1v) is 9.26. The molecule has 0 aliphatic heterocycles. The van der Waals surface area contributed by atoms with Crippen molar-refractivity contribution >= 4 is 5.91 Å². The number of rotatable bonds is 5. The number of hydrogen-bond acceptors (Lipinski definition) is 4. The first-order chi connectivity index (χ1) is 13.8. The molecule has 1 heterocycles. The van der Waals surface area contributed by atoms with Gasteiger partial charge in [-0.1, -0.05) is 71.8 Å². The van der Waals surface area contributed by atoms with Gasteiger partial charge < -0.3 is 0 Å². The molecule has 0 bridgehead atoms. The molecule has 0 saturated heterocycles. The van der Waals surface area contributed by atoms with Crippen molar-refractivity contribution in [3.05, 3.63) is 71.9 Å². The summed E-state index contributed by atoms with van der Waals surface area (Å²) in [6.07, 6.45) is 2.56. The van der Waals surface area contributed by atoms with Crippen LogP contribution in [0.5, 0.6) is 0 Å². The Hall–Kier alpha value is -3.43. The maximum atomic E-state index is 12.5. The second kappa shape index (κ2) is 8.07. The summed E-state index contributed by atoms with van der Waals surface area (Å²) in [6, 6.07) is 18.5. The van der Waals surface area contributed by atoms with Gasteiger partial charge in [-0.25, -0.2) is 10.2 Å². The summed E-state index contributed by atoms with van der Waals surface area (Å²) in [6.45, 7) is 0. The summed E-state index contributed by atoms with van der Waals surface area (Å²) < 4.78 is 1.52. The van der Waals surface area contributed by atoms with E-state index in [1.807, 2.05) is 60.7 Å². The molecule has 1 aromatic heterocycles. The Balaban J connectivity index is 1.78. The van der Waals surface area contributed by atoms with Crippen LogP contribution in [0.3, 0.4) is 0 Å². The van der Waals surface area contributed by atoms with Gasteiger partial charge in [0.25, 0.3) is 5.91 Å². The number of hydroxylamine groups is 1. The number of nitrogens with zero attached hydrogens (tertiary/aromatic N) is 3. The average Bonchev–Trinajstić information content (AvgIpc) is 3.49. The van der Waals surface area contributed by atoms with Gasteiger partial charge in [0.1, 0.15) is 17.4 Å². The molecule has 3 aromatic rings. The third-order valence-corrected chi connectivity index (χ3v) is 4.69. The van der Waals surface area contributed by atoms with Crippen LogP contribution >= 0.6 is 0 Å². The Kier molecular flexibility index (Phi) is 5.18. The fourth-order valence-electron chi connectivity index (χ4n) is 3.02. The van der Waals surface area contributed by atoms with Gasteiger partial charge in [0, 0.05) is 17.9 Å². The summed E-state index contributed by atoms with van der Waals surface area (Å²) in [5, 5.41) is 17.9. The van der Waals surface area contributed by atoms with Crippen molar-refractivity contribution in [2.45, 2.75) is 25.3 Å². The highest BCUT2D eigenvalue weighted by molar-refractivity contribution is 5.80. The lowest BCUT2D eigenvalue weighted by molar-refractivity contribution is -0.133. The van der Waals surface area contributed by atoms with Crippen molar-refractivity contribution in [1.29, 1.82) is 0 Å². The Morgan fingerprint density at radius 1 is 1.14 bits per heavy atom. The van der Waals surface area contributed by atoms with Crippen LogP contribution < -0.4 is 5.48 Å². The van der Waals surface area contributed by atoms with E-state index in [1.165, 1.54) is 4.68 Å². The Bertz CT molecular complexity index is 1010. The molecule has 1 unspecified atom stereocenters. The van der Waals surface area contributed by atoms with Crippen LogP contribution in [0.15, 0.2) is 60.7 Å². The highest BCUT2D eigenvalue weighted by atomic mass is 16.5. The van der Waals surface area contributed by atoms with Gasteiger partial charge >= 0.3 is 0 Å². The molecule has 6 heteroatoms. The zero-order valence-corrected chi connectivity index (χ0v) is 15.2. The van der Waals surface area contributed by atoms with Gasteiger partial charge in [0.15, 0.2) is 0 Å². The van der Waals surface area contributed by atoms with E-state index >= 15 is 0 Å². The number of carbonyl (C=O) groups excluding carboxylic acids is 1. The Morgan fingerprint density at radius 3 is 2.46 bits per heavy atom. The lowest BCUT2D eigenvalue weighted by Gasteiger charge is -2.16. The standard InChI is InChI=1S/C22H20N4O2/c27-22(24-28)20(15-17-7-3-1-4-8-17)26-19(14-13-16-11-12-16)21(23-25-26)18-9-5-2-6-10-18/h1-10,16,20,28H,11-12,15H2,(H,24,27). The van der Waals surface area contributed by atoms with Gasteiger partial charge in [0.2, 0.25) is 0 Å². The molecule has 2 aromatic carbocycles. The summed E-state index contributed by atoms with van der Waals surface area (Å²) in [5.41, 5.74) is 4.82. The summed E-state index contributed by atoms with van der Waals surface area (Å²) in [5.74, 6) is 6.28. The molecule has 1 aliphatic carbocycles. The van der Waals surface area contributed by atoms with E-state index in [0.29, 0.717) is 23.7 Å². The molecule has 2 N–H and O–H groups in total. The molecule has 140 valence electrons. The minimum atomic E-state index is -0.763. The smallest absolute Gasteiger partial charge is 0.268 e. The van der Waals surface area contributed by atoms with E-state index in [-0.39, 0.29) is 0 Å². The van der Waals surface area contributed by atoms with E-state index in [4.69, 9.17) is 0 Å². The quantitative estimate of drug-likeness (QED) is 0.410. The van der Waals surface area contributed by atoms with Crippen LogP contribution in [0.4, 0.5) is 0 Å². The summed E-state index contributed by atoms with van der Waals surface area (Å²) in [7, 11) is 0. The van der Waals surface area contributed by atoms with Crippen molar-refractivity contribution in [2.75, 3.05) is 0 Å². The van der Waals surface area contributed by atoms with Crippen LogP contribution in [0.2, 0.25) is 0 Å². The fourth-order valence-corrected chi connectivity index (χ4v) is 3.02. The monoisotopic (exact) mass is 372 g/mol. The predicted octanol–water partition coefficient (Wildman–Crippen LogP) is 3.00. The second-order valence-corrected chi connectivity index (χ2v) is 6.82. The van der Waals surface area contributed by atoms with Gasteiger partial charge in [-0.2, -0.15) is 0 Å². The van der Waals surface area contributed by atoms with Crippen LogP contribution in [-0.2, 0) is 11.2 Å². The number of benzene rings is 2. The predicted molar refractivity (Wildman–Crippen MR) is 104 cm³/mol. The van der Waals surface area contributed by atoms with E-state index in [2.05, 4.69) is 22.2 Å². The minimum absolute atomic E-state index is 0.364. The van der Waals surface area contributed by atoms with Crippen molar-refractivity contribution in [3.8, 4) is 23.1 Å². The Labute approximate surface area is 163 Å². The number of aromatic nitrogens is 3. The van der Waals surface area contributed by atoms with Crippen molar-refractivity contribution < 1.29 is 10.0 Å². The molecular formula is C22H20N4O2. The topological polar surface area (TPSA) is 80.0 Å². The SMILES string of the molecule is O=C(NO)C(Cc1ccccc1)n1nnc(-c2ccccc2)c1C#CC1CC1. The van der Waals surface area contributed by atoms with Crippen LogP contribution in [-0.4, -0.2) is 26.1 Å². The van der Waals surface area contributed by atoms with Gasteiger partial charge in [-0.05, 0) is 24.3 Å². The van der Waals surface area contributed by atoms with Gasteiger partial charge in [-0.3, -0.25) is 10.0 Å². The molecule has 28 heavy (non-hydrogen) atoms. The molecule has 1 fully saturated rings. The normalized spacial score (nSPS) is 14.0. The van der Waals surface area contributed by atoms with Crippen molar-refractivity contribution in [3.63, 3.8) is 0 Å². The molecule has 6 nitrogen and oxygen atoms in total. The third kappa shape index (κ3) is 3.95. The highest BCUT2D eigenvalue weighted by Gasteiger charge is 2.27. The lowest BCUT2D eigenvalue weighted by atomic mass is 10.0. The van der Waals surface area contributed by atoms with Crippen molar-refractivity contribution in [1.82, 2.24) is 20.5 Å². The fraction of sp³-hybridized carbons (Fsp3) is 0.227. The van der Waals surface area contributed by atoms with Crippen LogP contribution in [0, 0.1) is 17.8 Å². The molecular weight excluding hydrogens is 352 g/mol. The average molecular weight is 372 g/mol. The molecule has 0 spiro atoms. The van der Waals surface area contributed by atoms with E-state index in [1.54, 1.807) is 5.48 Å². The number of amides is 1. The number of nitrogens with one attached hydrogen (secondary N) is 1. The first-order valence-electron chi connectivity index (χ1n) is 9.26. The third-order valence-electron chi connectivity index (χ3n) is 4.69. The summed E-state index contributed by atoms with van der Waals surface area (Å²) in [4.78, 5) is 12.5. The maximum Gasteiger partial charge on any atom is 0.268 e. The highest BCUT2D eigenvalue weighted by Crippen LogP contribution is 2.29. The van der Waals surface area contributed by atoms with E-state index < -0.39 is 11.9 Å². The van der Waals surface area contributed by atoms with Crippen LogP contribution in [0.1, 0.15) is 30.1 Å². The maximum absolute atomic E-state index is 12.5. The molecule has 1 saturated carbocycles. The van der Waals surface area contributed by atoms with Crippen molar-refractivity contribution in [2.24, 2.45) is 5.92 Å². The minimum Gasteiger partial charge on any atom is -0.289 e. The van der Waals surface area contributed by atoms with Crippen LogP contribution in [0.25, 0.3) is 11.3 Å². The lowest BCUT2D eigenvalue weighted by Crippen LogP contribution is -2.33.